The summed E-state index contributed by atoms with van der Waals surface area (Å²) in [5.41, 5.74) is 0. The van der Waals surface area contributed by atoms with Crippen LogP contribution in [0.1, 0.15) is 33.6 Å². The number of Topliss-reactive ketones (excluding diaryl/α,β-unsaturated/α-hetero) is 1. The summed E-state index contributed by atoms with van der Waals surface area (Å²) in [7, 11) is 0. The summed E-state index contributed by atoms with van der Waals surface area (Å²) < 4.78 is 9.38. The average molecular weight is 230 g/mol. The van der Waals surface area contributed by atoms with E-state index in [1.807, 2.05) is 0 Å². The molecule has 0 saturated heterocycles. The molecule has 92 valence electrons. The zero-order chi connectivity index (χ0) is 12.6. The van der Waals surface area contributed by atoms with E-state index in [0.717, 1.165) is 0 Å². The maximum Gasteiger partial charge on any atom is 0.316 e. The minimum absolute atomic E-state index is 0.224. The second-order valence-corrected chi connectivity index (χ2v) is 3.16. The van der Waals surface area contributed by atoms with Gasteiger partial charge in [0.25, 0.3) is 0 Å². The number of carbonyl (C=O) groups is 3. The van der Waals surface area contributed by atoms with Crippen LogP contribution in [0.3, 0.4) is 0 Å². The van der Waals surface area contributed by atoms with Crippen molar-refractivity contribution in [2.24, 2.45) is 5.92 Å². The molecule has 0 bridgehead atoms. The highest BCUT2D eigenvalue weighted by atomic mass is 16.5. The summed E-state index contributed by atoms with van der Waals surface area (Å²) in [6.45, 7) is 5.47. The van der Waals surface area contributed by atoms with Crippen molar-refractivity contribution in [3.05, 3.63) is 0 Å². The first-order valence-corrected chi connectivity index (χ1v) is 5.41. The zero-order valence-corrected chi connectivity index (χ0v) is 9.95. The normalized spacial score (nSPS) is 11.7. The molecule has 1 atom stereocenters. The fourth-order valence-corrected chi connectivity index (χ4v) is 1.25. The van der Waals surface area contributed by atoms with Crippen LogP contribution in [-0.4, -0.2) is 30.9 Å². The van der Waals surface area contributed by atoms with Gasteiger partial charge in [0.1, 0.15) is 12.3 Å². The molecule has 0 aliphatic heterocycles. The van der Waals surface area contributed by atoms with Gasteiger partial charge in [0.2, 0.25) is 0 Å². The number of esters is 2. The molecule has 0 aliphatic rings. The molecule has 5 nitrogen and oxygen atoms in total. The van der Waals surface area contributed by atoms with Gasteiger partial charge in [0, 0.05) is 0 Å². The van der Waals surface area contributed by atoms with Gasteiger partial charge in [-0.05, 0) is 20.3 Å². The standard InChI is InChI=1S/C11H18O5/c1-4-8(11(14)16-6-3)9(12)7-10(13)15-5-2/h8H,4-7H2,1-3H3. The molecule has 0 rings (SSSR count). The monoisotopic (exact) mass is 230 g/mol. The molecule has 0 amide bonds. The summed E-state index contributed by atoms with van der Waals surface area (Å²) in [4.78, 5) is 34.0. The van der Waals surface area contributed by atoms with Gasteiger partial charge in [-0.25, -0.2) is 0 Å². The summed E-state index contributed by atoms with van der Waals surface area (Å²) in [5, 5.41) is 0. The Morgan fingerprint density at radius 2 is 1.56 bits per heavy atom. The van der Waals surface area contributed by atoms with Crippen LogP contribution < -0.4 is 0 Å². The van der Waals surface area contributed by atoms with Crippen molar-refractivity contribution >= 4 is 17.7 Å². The minimum atomic E-state index is -0.857. The quantitative estimate of drug-likeness (QED) is 0.484. The van der Waals surface area contributed by atoms with Crippen LogP contribution in [0.15, 0.2) is 0 Å². The van der Waals surface area contributed by atoms with Gasteiger partial charge in [-0.15, -0.1) is 0 Å². The number of hydrogen-bond acceptors (Lipinski definition) is 5. The lowest BCUT2D eigenvalue weighted by atomic mass is 9.99. The van der Waals surface area contributed by atoms with Crippen molar-refractivity contribution in [2.45, 2.75) is 33.6 Å². The first kappa shape index (κ1) is 14.6. The van der Waals surface area contributed by atoms with Crippen LogP contribution in [0, 0.1) is 5.92 Å². The zero-order valence-electron chi connectivity index (χ0n) is 9.95. The second kappa shape index (κ2) is 7.84. The fourth-order valence-electron chi connectivity index (χ4n) is 1.25. The van der Waals surface area contributed by atoms with Gasteiger partial charge in [0.15, 0.2) is 5.78 Å². The molecule has 0 fully saturated rings. The van der Waals surface area contributed by atoms with E-state index in [2.05, 4.69) is 4.74 Å². The molecular weight excluding hydrogens is 212 g/mol. The SMILES string of the molecule is CCOC(=O)CC(=O)C(CC)C(=O)OCC. The molecule has 5 heteroatoms. The number of rotatable bonds is 7. The molecule has 1 unspecified atom stereocenters. The molecule has 0 aromatic rings. The summed E-state index contributed by atoms with van der Waals surface area (Å²) >= 11 is 0. The number of carbonyl (C=O) groups excluding carboxylic acids is 3. The van der Waals surface area contributed by atoms with E-state index in [0.29, 0.717) is 6.42 Å². The summed E-state index contributed by atoms with van der Waals surface area (Å²) in [5.74, 6) is -2.47. The van der Waals surface area contributed by atoms with E-state index in [1.165, 1.54) is 0 Å². The molecule has 0 aromatic carbocycles. The fraction of sp³-hybridized carbons (Fsp3) is 0.727. The lowest BCUT2D eigenvalue weighted by Crippen LogP contribution is -2.27. The molecule has 0 radical (unpaired) electrons. The Bertz CT molecular complexity index is 259. The Kier molecular flexibility index (Phi) is 7.16. The highest BCUT2D eigenvalue weighted by molar-refractivity contribution is 6.06. The van der Waals surface area contributed by atoms with Crippen molar-refractivity contribution in [1.82, 2.24) is 0 Å². The molecule has 0 heterocycles. The molecule has 16 heavy (non-hydrogen) atoms. The van der Waals surface area contributed by atoms with Crippen LogP contribution >= 0.6 is 0 Å². The van der Waals surface area contributed by atoms with E-state index in [4.69, 9.17) is 4.74 Å². The Hall–Kier alpha value is -1.39. The van der Waals surface area contributed by atoms with Crippen LogP contribution in [-0.2, 0) is 23.9 Å². The third-order valence-corrected chi connectivity index (χ3v) is 1.99. The predicted molar refractivity (Wildman–Crippen MR) is 56.7 cm³/mol. The highest BCUT2D eigenvalue weighted by Crippen LogP contribution is 2.10. The lowest BCUT2D eigenvalue weighted by molar-refractivity contribution is -0.153. The second-order valence-electron chi connectivity index (χ2n) is 3.16. The van der Waals surface area contributed by atoms with Crippen molar-refractivity contribution in [3.63, 3.8) is 0 Å². The number of hydrogen-bond donors (Lipinski definition) is 0. The Morgan fingerprint density at radius 1 is 1.00 bits per heavy atom. The number of ketones is 1. The Balaban J connectivity index is 4.31. The van der Waals surface area contributed by atoms with Crippen molar-refractivity contribution in [1.29, 1.82) is 0 Å². The minimum Gasteiger partial charge on any atom is -0.466 e. The van der Waals surface area contributed by atoms with E-state index < -0.39 is 23.6 Å². The van der Waals surface area contributed by atoms with E-state index in [-0.39, 0.29) is 19.6 Å². The molecule has 0 spiro atoms. The van der Waals surface area contributed by atoms with Gasteiger partial charge in [-0.1, -0.05) is 6.92 Å². The maximum absolute atomic E-state index is 11.6. The summed E-state index contributed by atoms with van der Waals surface area (Å²) in [6.07, 6.45) is -0.0395. The third-order valence-electron chi connectivity index (χ3n) is 1.99. The van der Waals surface area contributed by atoms with E-state index in [9.17, 15) is 14.4 Å². The van der Waals surface area contributed by atoms with Crippen molar-refractivity contribution < 1.29 is 23.9 Å². The van der Waals surface area contributed by atoms with Gasteiger partial charge in [-0.3, -0.25) is 14.4 Å². The number of ether oxygens (including phenoxy) is 2. The van der Waals surface area contributed by atoms with Crippen LogP contribution in [0.2, 0.25) is 0 Å². The molecule has 0 aromatic heterocycles. The smallest absolute Gasteiger partial charge is 0.316 e. The topological polar surface area (TPSA) is 69.7 Å². The van der Waals surface area contributed by atoms with Crippen LogP contribution in [0.5, 0.6) is 0 Å². The highest BCUT2D eigenvalue weighted by Gasteiger charge is 2.27. The van der Waals surface area contributed by atoms with Gasteiger partial charge < -0.3 is 9.47 Å². The van der Waals surface area contributed by atoms with Gasteiger partial charge >= 0.3 is 11.9 Å². The molecule has 0 N–H and O–H groups in total. The van der Waals surface area contributed by atoms with Gasteiger partial charge in [-0.2, -0.15) is 0 Å². The Labute approximate surface area is 95.1 Å². The Morgan fingerprint density at radius 3 is 2.00 bits per heavy atom. The first-order valence-electron chi connectivity index (χ1n) is 5.41. The molecule has 0 aliphatic carbocycles. The average Bonchev–Trinajstić information content (AvgIpc) is 2.19. The van der Waals surface area contributed by atoms with Crippen molar-refractivity contribution in [2.75, 3.05) is 13.2 Å². The van der Waals surface area contributed by atoms with Gasteiger partial charge in [0.05, 0.1) is 13.2 Å². The van der Waals surface area contributed by atoms with E-state index >= 15 is 0 Å². The van der Waals surface area contributed by atoms with Crippen molar-refractivity contribution in [3.8, 4) is 0 Å². The largest absolute Gasteiger partial charge is 0.466 e. The maximum atomic E-state index is 11.6. The third kappa shape index (κ3) is 4.91. The molecule has 0 saturated carbocycles. The summed E-state index contributed by atoms with van der Waals surface area (Å²) in [6, 6.07) is 0. The lowest BCUT2D eigenvalue weighted by Gasteiger charge is -2.11. The van der Waals surface area contributed by atoms with Crippen LogP contribution in [0.4, 0.5) is 0 Å². The molecular formula is C11H18O5. The predicted octanol–water partition coefficient (Wildman–Crippen LogP) is 1.10. The van der Waals surface area contributed by atoms with Crippen LogP contribution in [0.25, 0.3) is 0 Å². The first-order chi connectivity index (χ1) is 7.56. The van der Waals surface area contributed by atoms with E-state index in [1.54, 1.807) is 20.8 Å².